The summed E-state index contributed by atoms with van der Waals surface area (Å²) in [5.74, 6) is -0.573. The van der Waals surface area contributed by atoms with Crippen molar-refractivity contribution in [1.82, 2.24) is 4.98 Å². The van der Waals surface area contributed by atoms with E-state index >= 15 is 0 Å². The average molecular weight is 229 g/mol. The van der Waals surface area contributed by atoms with Crippen LogP contribution in [0.5, 0.6) is 0 Å². The van der Waals surface area contributed by atoms with Gasteiger partial charge in [0.15, 0.2) is 5.58 Å². The van der Waals surface area contributed by atoms with Gasteiger partial charge in [-0.3, -0.25) is 0 Å². The van der Waals surface area contributed by atoms with Crippen LogP contribution in [-0.4, -0.2) is 16.1 Å². The molecule has 0 fully saturated rings. The van der Waals surface area contributed by atoms with Crippen molar-refractivity contribution in [2.75, 3.05) is 0 Å². The maximum atomic E-state index is 10.8. The topological polar surface area (TPSA) is 76.5 Å². The lowest BCUT2D eigenvalue weighted by molar-refractivity contribution is 0.0697. The predicted octanol–water partition coefficient (Wildman–Crippen LogP) is 2.79. The second kappa shape index (κ2) is 3.48. The fourth-order valence-electron chi connectivity index (χ4n) is 1.57. The Kier molecular flexibility index (Phi) is 1.98. The van der Waals surface area contributed by atoms with Crippen molar-refractivity contribution < 1.29 is 18.7 Å². The molecule has 1 aromatic carbocycles. The van der Waals surface area contributed by atoms with Gasteiger partial charge in [0, 0.05) is 0 Å². The van der Waals surface area contributed by atoms with Gasteiger partial charge < -0.3 is 13.9 Å². The number of benzene rings is 1. The Morgan fingerprint density at radius 3 is 2.88 bits per heavy atom. The Morgan fingerprint density at radius 1 is 1.29 bits per heavy atom. The van der Waals surface area contributed by atoms with Gasteiger partial charge in [0.05, 0.1) is 17.4 Å². The molecule has 2 heterocycles. The first-order chi connectivity index (χ1) is 8.24. The van der Waals surface area contributed by atoms with Gasteiger partial charge in [-0.15, -0.1) is 0 Å². The van der Waals surface area contributed by atoms with Crippen LogP contribution in [0.15, 0.2) is 45.6 Å². The minimum Gasteiger partial charge on any atom is -0.478 e. The third kappa shape index (κ3) is 1.57. The minimum absolute atomic E-state index is 0.185. The zero-order valence-corrected chi connectivity index (χ0v) is 8.58. The Hall–Kier alpha value is -2.56. The highest BCUT2D eigenvalue weighted by Gasteiger charge is 2.11. The monoisotopic (exact) mass is 229 g/mol. The molecule has 0 radical (unpaired) electrons. The Labute approximate surface area is 95.3 Å². The third-order valence-corrected chi connectivity index (χ3v) is 2.40. The van der Waals surface area contributed by atoms with E-state index in [2.05, 4.69) is 4.98 Å². The average Bonchev–Trinajstić information content (AvgIpc) is 2.96. The lowest BCUT2D eigenvalue weighted by Crippen LogP contribution is -1.94. The largest absolute Gasteiger partial charge is 0.478 e. The summed E-state index contributed by atoms with van der Waals surface area (Å²) >= 11 is 0. The molecule has 0 aliphatic carbocycles. The van der Waals surface area contributed by atoms with E-state index in [-0.39, 0.29) is 5.56 Å². The number of furan rings is 1. The summed E-state index contributed by atoms with van der Waals surface area (Å²) in [6, 6.07) is 6.28. The number of fused-ring (bicyclic) bond motifs is 1. The Balaban J connectivity index is 2.16. The van der Waals surface area contributed by atoms with Crippen LogP contribution < -0.4 is 0 Å². The molecule has 0 saturated carbocycles. The van der Waals surface area contributed by atoms with Crippen LogP contribution in [0.3, 0.4) is 0 Å². The van der Waals surface area contributed by atoms with Gasteiger partial charge in [-0.05, 0) is 24.3 Å². The fraction of sp³-hybridized carbons (Fsp3) is 0. The number of oxazole rings is 1. The third-order valence-electron chi connectivity index (χ3n) is 2.40. The SMILES string of the molecule is O=C(O)c1ccc2oc(-c3ccoc3)nc2c1. The number of hydrogen-bond donors (Lipinski definition) is 1. The molecule has 0 spiro atoms. The highest BCUT2D eigenvalue weighted by molar-refractivity contribution is 5.92. The fourth-order valence-corrected chi connectivity index (χ4v) is 1.57. The van der Waals surface area contributed by atoms with Crippen molar-refractivity contribution in [1.29, 1.82) is 0 Å². The molecule has 0 unspecified atom stereocenters. The predicted molar refractivity (Wildman–Crippen MR) is 58.7 cm³/mol. The van der Waals surface area contributed by atoms with Gasteiger partial charge in [0.25, 0.3) is 0 Å². The van der Waals surface area contributed by atoms with Crippen molar-refractivity contribution in [3.8, 4) is 11.5 Å². The highest BCUT2D eigenvalue weighted by Crippen LogP contribution is 2.25. The first-order valence-electron chi connectivity index (χ1n) is 4.90. The molecule has 0 aliphatic heterocycles. The molecular weight excluding hydrogens is 222 g/mol. The number of carboxylic acid groups (broad SMARTS) is 1. The molecule has 2 aromatic heterocycles. The molecule has 1 N–H and O–H groups in total. The number of nitrogens with zero attached hydrogens (tertiary/aromatic N) is 1. The summed E-state index contributed by atoms with van der Waals surface area (Å²) in [6.45, 7) is 0. The standard InChI is InChI=1S/C12H7NO4/c14-12(15)7-1-2-10-9(5-7)13-11(17-10)8-3-4-16-6-8/h1-6H,(H,14,15). The quantitative estimate of drug-likeness (QED) is 0.731. The molecule has 84 valence electrons. The zero-order valence-electron chi connectivity index (χ0n) is 8.58. The van der Waals surface area contributed by atoms with Crippen LogP contribution in [0, 0.1) is 0 Å². The molecule has 0 aliphatic rings. The highest BCUT2D eigenvalue weighted by atomic mass is 16.4. The van der Waals surface area contributed by atoms with E-state index < -0.39 is 5.97 Å². The minimum atomic E-state index is -0.986. The molecule has 0 atom stereocenters. The number of carboxylic acids is 1. The van der Waals surface area contributed by atoms with Crippen LogP contribution in [0.1, 0.15) is 10.4 Å². The summed E-state index contributed by atoms with van der Waals surface area (Å²) in [5, 5.41) is 8.86. The second-order valence-electron chi connectivity index (χ2n) is 3.52. The molecule has 17 heavy (non-hydrogen) atoms. The van der Waals surface area contributed by atoms with E-state index in [1.807, 2.05) is 0 Å². The first-order valence-corrected chi connectivity index (χ1v) is 4.90. The van der Waals surface area contributed by atoms with Gasteiger partial charge >= 0.3 is 5.97 Å². The lowest BCUT2D eigenvalue weighted by atomic mass is 10.2. The van der Waals surface area contributed by atoms with Crippen LogP contribution in [0.25, 0.3) is 22.6 Å². The summed E-state index contributed by atoms with van der Waals surface area (Å²) < 4.78 is 10.4. The Morgan fingerprint density at radius 2 is 2.18 bits per heavy atom. The van der Waals surface area contributed by atoms with Crippen LogP contribution in [0.4, 0.5) is 0 Å². The maximum absolute atomic E-state index is 10.8. The van der Waals surface area contributed by atoms with E-state index in [1.165, 1.54) is 24.7 Å². The molecular formula is C12H7NO4. The number of rotatable bonds is 2. The van der Waals surface area contributed by atoms with Crippen LogP contribution in [-0.2, 0) is 0 Å². The van der Waals surface area contributed by atoms with E-state index in [0.717, 1.165) is 5.56 Å². The normalized spacial score (nSPS) is 10.8. The molecule has 5 nitrogen and oxygen atoms in total. The number of aromatic nitrogens is 1. The summed E-state index contributed by atoms with van der Waals surface area (Å²) in [6.07, 6.45) is 3.04. The smallest absolute Gasteiger partial charge is 0.335 e. The van der Waals surface area contributed by atoms with E-state index in [9.17, 15) is 4.79 Å². The number of hydrogen-bond acceptors (Lipinski definition) is 4. The van der Waals surface area contributed by atoms with Gasteiger partial charge in [-0.25, -0.2) is 9.78 Å². The number of aromatic carboxylic acids is 1. The van der Waals surface area contributed by atoms with Crippen molar-refractivity contribution >= 4 is 17.1 Å². The first kappa shape index (κ1) is 9.65. The van der Waals surface area contributed by atoms with E-state index in [4.69, 9.17) is 13.9 Å². The zero-order chi connectivity index (χ0) is 11.8. The van der Waals surface area contributed by atoms with Crippen molar-refractivity contribution in [3.63, 3.8) is 0 Å². The van der Waals surface area contributed by atoms with Crippen LogP contribution >= 0.6 is 0 Å². The van der Waals surface area contributed by atoms with Crippen molar-refractivity contribution in [3.05, 3.63) is 42.4 Å². The van der Waals surface area contributed by atoms with E-state index in [0.29, 0.717) is 17.0 Å². The second-order valence-corrected chi connectivity index (χ2v) is 3.52. The summed E-state index contributed by atoms with van der Waals surface area (Å²) in [4.78, 5) is 15.0. The molecule has 3 aromatic rings. The molecule has 3 rings (SSSR count). The maximum Gasteiger partial charge on any atom is 0.335 e. The molecule has 5 heteroatoms. The summed E-state index contributed by atoms with van der Waals surface area (Å²) in [7, 11) is 0. The van der Waals surface area contributed by atoms with Gasteiger partial charge in [-0.1, -0.05) is 0 Å². The molecule has 0 amide bonds. The van der Waals surface area contributed by atoms with Gasteiger partial charge in [0.2, 0.25) is 5.89 Å². The van der Waals surface area contributed by atoms with Gasteiger partial charge in [0.1, 0.15) is 11.8 Å². The molecule has 0 saturated heterocycles. The Bertz CT molecular complexity index is 682. The van der Waals surface area contributed by atoms with Crippen molar-refractivity contribution in [2.45, 2.75) is 0 Å². The summed E-state index contributed by atoms with van der Waals surface area (Å²) in [5.41, 5.74) is 1.97. The molecule has 0 bridgehead atoms. The number of carbonyl (C=O) groups is 1. The van der Waals surface area contributed by atoms with Crippen molar-refractivity contribution in [2.24, 2.45) is 0 Å². The lowest BCUT2D eigenvalue weighted by Gasteiger charge is -1.91. The van der Waals surface area contributed by atoms with Gasteiger partial charge in [-0.2, -0.15) is 0 Å². The van der Waals surface area contributed by atoms with E-state index in [1.54, 1.807) is 12.1 Å². The van der Waals surface area contributed by atoms with Crippen LogP contribution in [0.2, 0.25) is 0 Å².